The zero-order valence-corrected chi connectivity index (χ0v) is 19.4. The Bertz CT molecular complexity index is 911. The maximum atomic E-state index is 13.0. The molecular formula is C25H31N2O6-. The van der Waals surface area contributed by atoms with Crippen molar-refractivity contribution in [1.29, 1.82) is 0 Å². The van der Waals surface area contributed by atoms with Gasteiger partial charge >= 0.3 is 6.09 Å². The topological polar surface area (TPSA) is 117 Å². The molecule has 2 rings (SSSR count). The number of hydrogen-bond acceptors (Lipinski definition) is 6. The van der Waals surface area contributed by atoms with Crippen molar-refractivity contribution in [2.75, 3.05) is 0 Å². The van der Waals surface area contributed by atoms with Crippen LogP contribution in [0.3, 0.4) is 0 Å². The van der Waals surface area contributed by atoms with Gasteiger partial charge in [-0.25, -0.2) is 4.79 Å². The van der Waals surface area contributed by atoms with Crippen LogP contribution in [-0.2, 0) is 32.1 Å². The molecule has 0 radical (unpaired) electrons. The molecule has 178 valence electrons. The van der Waals surface area contributed by atoms with E-state index in [9.17, 15) is 19.5 Å². The molecule has 0 aliphatic carbocycles. The minimum atomic E-state index is -1.43. The number of carboxylic acids is 1. The second-order valence-electron chi connectivity index (χ2n) is 8.70. The summed E-state index contributed by atoms with van der Waals surface area (Å²) in [6.45, 7) is 6.92. The van der Waals surface area contributed by atoms with Gasteiger partial charge in [0.1, 0.15) is 11.6 Å². The Balaban J connectivity index is 2.13. The van der Waals surface area contributed by atoms with Crippen LogP contribution < -0.4 is 15.7 Å². The molecule has 0 fully saturated rings. The fourth-order valence-corrected chi connectivity index (χ4v) is 3.03. The largest absolute Gasteiger partial charge is 0.548 e. The Hall–Kier alpha value is -3.39. The molecule has 0 unspecified atom stereocenters. The van der Waals surface area contributed by atoms with E-state index in [0.29, 0.717) is 0 Å². The molecule has 0 aliphatic rings. The van der Waals surface area contributed by atoms with Gasteiger partial charge in [0.05, 0.1) is 24.7 Å². The standard InChI is InChI=1S/C25H32N2O6/c1-17(32-16-19-13-9-6-10-14-19)21(27-24(31)33-25(2,3)4)22(28)26-20(23(29)30)15-18-11-7-5-8-12-18/h5-14,17,20-21H,15-16H2,1-4H3,(H,26,28)(H,27,31)(H,29,30)/p-1/t17-,20-,21-/m0/s1. The van der Waals surface area contributed by atoms with Crippen molar-refractivity contribution >= 4 is 18.0 Å². The van der Waals surface area contributed by atoms with Crippen LogP contribution >= 0.6 is 0 Å². The van der Waals surface area contributed by atoms with Gasteiger partial charge in [0.15, 0.2) is 0 Å². The Kier molecular flexibility index (Phi) is 9.42. The normalized spacial score (nSPS) is 13.9. The van der Waals surface area contributed by atoms with E-state index in [1.54, 1.807) is 52.0 Å². The Labute approximate surface area is 194 Å². The zero-order chi connectivity index (χ0) is 24.4. The smallest absolute Gasteiger partial charge is 0.408 e. The maximum absolute atomic E-state index is 13.0. The molecule has 0 saturated heterocycles. The number of amides is 2. The van der Waals surface area contributed by atoms with Crippen LogP contribution in [0.25, 0.3) is 0 Å². The molecule has 0 heterocycles. The third-order valence-electron chi connectivity index (χ3n) is 4.66. The first kappa shape index (κ1) is 25.9. The summed E-state index contributed by atoms with van der Waals surface area (Å²) < 4.78 is 11.1. The van der Waals surface area contributed by atoms with Crippen molar-refractivity contribution in [2.45, 2.75) is 64.5 Å². The second kappa shape index (κ2) is 12.0. The van der Waals surface area contributed by atoms with Gasteiger partial charge in [0.2, 0.25) is 5.91 Å². The van der Waals surface area contributed by atoms with Gasteiger partial charge in [-0.3, -0.25) is 4.79 Å². The van der Waals surface area contributed by atoms with Crippen molar-refractivity contribution in [3.8, 4) is 0 Å². The molecule has 0 bridgehead atoms. The van der Waals surface area contributed by atoms with E-state index in [1.165, 1.54) is 0 Å². The number of carbonyl (C=O) groups excluding carboxylic acids is 3. The summed E-state index contributed by atoms with van der Waals surface area (Å²) in [6.07, 6.45) is -1.56. The fourth-order valence-electron chi connectivity index (χ4n) is 3.03. The van der Waals surface area contributed by atoms with Crippen LogP contribution in [0, 0.1) is 0 Å². The van der Waals surface area contributed by atoms with Gasteiger partial charge in [-0.1, -0.05) is 60.7 Å². The molecule has 0 spiro atoms. The van der Waals surface area contributed by atoms with Crippen LogP contribution in [0.1, 0.15) is 38.8 Å². The number of ether oxygens (including phenoxy) is 2. The van der Waals surface area contributed by atoms with Crippen LogP contribution in [0.15, 0.2) is 60.7 Å². The lowest BCUT2D eigenvalue weighted by molar-refractivity contribution is -0.308. The molecule has 33 heavy (non-hydrogen) atoms. The summed E-state index contributed by atoms with van der Waals surface area (Å²) in [6, 6.07) is 15.7. The van der Waals surface area contributed by atoms with E-state index in [4.69, 9.17) is 9.47 Å². The Morgan fingerprint density at radius 1 is 0.909 bits per heavy atom. The monoisotopic (exact) mass is 455 g/mol. The van der Waals surface area contributed by atoms with Crippen LogP contribution in [0.2, 0.25) is 0 Å². The third-order valence-corrected chi connectivity index (χ3v) is 4.66. The summed E-state index contributed by atoms with van der Waals surface area (Å²) in [4.78, 5) is 37.1. The number of carboxylic acid groups (broad SMARTS) is 1. The number of nitrogens with one attached hydrogen (secondary N) is 2. The van der Waals surface area contributed by atoms with Gasteiger partial charge in [-0.15, -0.1) is 0 Å². The summed E-state index contributed by atoms with van der Waals surface area (Å²) in [5.74, 6) is -2.15. The molecule has 0 saturated carbocycles. The van der Waals surface area contributed by atoms with E-state index in [-0.39, 0.29) is 13.0 Å². The van der Waals surface area contributed by atoms with Crippen molar-refractivity contribution in [1.82, 2.24) is 10.6 Å². The molecule has 0 aliphatic heterocycles. The molecule has 2 aromatic rings. The highest BCUT2D eigenvalue weighted by Gasteiger charge is 2.31. The van der Waals surface area contributed by atoms with Gasteiger partial charge in [0, 0.05) is 0 Å². The molecule has 2 amide bonds. The first-order valence-corrected chi connectivity index (χ1v) is 10.8. The lowest BCUT2D eigenvalue weighted by atomic mass is 10.0. The molecular weight excluding hydrogens is 424 g/mol. The number of benzene rings is 2. The first-order chi connectivity index (χ1) is 15.5. The van der Waals surface area contributed by atoms with Gasteiger partial charge in [-0.2, -0.15) is 0 Å². The zero-order valence-electron chi connectivity index (χ0n) is 19.4. The van der Waals surface area contributed by atoms with Crippen molar-refractivity contribution in [3.05, 3.63) is 71.8 Å². The molecule has 3 atom stereocenters. The minimum absolute atomic E-state index is 0.0350. The third kappa shape index (κ3) is 9.33. The maximum Gasteiger partial charge on any atom is 0.408 e. The average Bonchev–Trinajstić information content (AvgIpc) is 2.75. The van der Waals surface area contributed by atoms with E-state index in [2.05, 4.69) is 10.6 Å². The van der Waals surface area contributed by atoms with Gasteiger partial charge in [-0.05, 0) is 45.2 Å². The first-order valence-electron chi connectivity index (χ1n) is 10.8. The van der Waals surface area contributed by atoms with Crippen LogP contribution in [0.4, 0.5) is 4.79 Å². The predicted molar refractivity (Wildman–Crippen MR) is 121 cm³/mol. The minimum Gasteiger partial charge on any atom is -0.548 e. The van der Waals surface area contributed by atoms with Gasteiger partial charge in [0.25, 0.3) is 0 Å². The highest BCUT2D eigenvalue weighted by Crippen LogP contribution is 2.11. The van der Waals surface area contributed by atoms with E-state index < -0.39 is 41.8 Å². The van der Waals surface area contributed by atoms with E-state index in [0.717, 1.165) is 11.1 Å². The number of carbonyl (C=O) groups is 3. The Morgan fingerprint density at radius 3 is 1.97 bits per heavy atom. The number of alkyl carbamates (subject to hydrolysis) is 1. The number of aliphatic carboxylic acids is 1. The van der Waals surface area contributed by atoms with Crippen LogP contribution in [-0.4, -0.2) is 41.8 Å². The fraction of sp³-hybridized carbons (Fsp3) is 0.400. The van der Waals surface area contributed by atoms with Crippen molar-refractivity contribution < 1.29 is 29.0 Å². The van der Waals surface area contributed by atoms with Gasteiger partial charge < -0.3 is 30.0 Å². The Morgan fingerprint density at radius 2 is 1.45 bits per heavy atom. The highest BCUT2D eigenvalue weighted by molar-refractivity contribution is 5.89. The van der Waals surface area contributed by atoms with Crippen LogP contribution in [0.5, 0.6) is 0 Å². The molecule has 8 nitrogen and oxygen atoms in total. The molecule has 0 aromatic heterocycles. The quantitative estimate of drug-likeness (QED) is 0.566. The number of hydrogen-bond donors (Lipinski definition) is 2. The lowest BCUT2D eigenvalue weighted by Gasteiger charge is -2.29. The summed E-state index contributed by atoms with van der Waals surface area (Å²) in [5, 5.41) is 16.7. The van der Waals surface area contributed by atoms with Crippen molar-refractivity contribution in [2.24, 2.45) is 0 Å². The second-order valence-corrected chi connectivity index (χ2v) is 8.70. The lowest BCUT2D eigenvalue weighted by Crippen LogP contribution is -2.58. The number of rotatable bonds is 10. The molecule has 8 heteroatoms. The van der Waals surface area contributed by atoms with E-state index in [1.807, 2.05) is 36.4 Å². The summed E-state index contributed by atoms with van der Waals surface area (Å²) >= 11 is 0. The summed E-state index contributed by atoms with van der Waals surface area (Å²) in [5.41, 5.74) is 0.828. The molecule has 2 N–H and O–H groups in total. The SMILES string of the molecule is C[C@H](OCc1ccccc1)[C@H](NC(=O)OC(C)(C)C)C(=O)N[C@@H](Cc1ccccc1)C(=O)[O-]. The average molecular weight is 456 g/mol. The summed E-state index contributed by atoms with van der Waals surface area (Å²) in [7, 11) is 0. The predicted octanol–water partition coefficient (Wildman–Crippen LogP) is 1.96. The van der Waals surface area contributed by atoms with E-state index >= 15 is 0 Å². The highest BCUT2D eigenvalue weighted by atomic mass is 16.6. The van der Waals surface area contributed by atoms with Crippen molar-refractivity contribution in [3.63, 3.8) is 0 Å². The molecule has 2 aromatic carbocycles.